The second-order valence-corrected chi connectivity index (χ2v) is 5.03. The highest BCUT2D eigenvalue weighted by Gasteiger charge is 2.33. The third-order valence-corrected chi connectivity index (χ3v) is 3.75. The number of likely N-dealkylation sites (tertiary alicyclic amines) is 1. The summed E-state index contributed by atoms with van der Waals surface area (Å²) in [6.45, 7) is 0.789. The fraction of sp³-hybridized carbons (Fsp3) is 0.385. The van der Waals surface area contributed by atoms with Crippen LogP contribution in [-0.2, 0) is 11.3 Å². The number of fused-ring (bicyclic) bond motifs is 1. The molecule has 0 spiro atoms. The summed E-state index contributed by atoms with van der Waals surface area (Å²) in [7, 11) is 0. The number of nitrogens with zero attached hydrogens (tertiary/aromatic N) is 4. The van der Waals surface area contributed by atoms with Crippen molar-refractivity contribution in [1.29, 1.82) is 0 Å². The summed E-state index contributed by atoms with van der Waals surface area (Å²) in [5, 5.41) is 20.5. The highest BCUT2D eigenvalue weighted by atomic mass is 16.6. The first-order valence-corrected chi connectivity index (χ1v) is 6.65. The van der Waals surface area contributed by atoms with E-state index in [-0.39, 0.29) is 12.4 Å². The lowest BCUT2D eigenvalue weighted by molar-refractivity contribution is -0.391. The van der Waals surface area contributed by atoms with Crippen LogP contribution in [0.5, 0.6) is 0 Å². The number of carboxylic acids is 1. The number of carbonyl (C=O) groups is 1. The number of carboxylic acid groups (broad SMARTS) is 1. The maximum atomic E-state index is 11.3. The number of hydrogen-bond acceptors (Lipinski definition) is 5. The smallest absolute Gasteiger partial charge is 0.352 e. The molecule has 0 bridgehead atoms. The van der Waals surface area contributed by atoms with E-state index < -0.39 is 16.9 Å². The van der Waals surface area contributed by atoms with Gasteiger partial charge in [-0.2, -0.15) is 4.40 Å². The molecule has 2 aromatic rings. The Morgan fingerprint density at radius 1 is 1.52 bits per heavy atom. The average Bonchev–Trinajstić information content (AvgIpc) is 3.02. The Bertz CT molecular complexity index is 711. The van der Waals surface area contributed by atoms with Gasteiger partial charge in [-0.3, -0.25) is 9.69 Å². The Morgan fingerprint density at radius 3 is 3.05 bits per heavy atom. The van der Waals surface area contributed by atoms with E-state index >= 15 is 0 Å². The lowest BCUT2D eigenvalue weighted by atomic mass is 10.2. The van der Waals surface area contributed by atoms with Crippen molar-refractivity contribution in [3.63, 3.8) is 0 Å². The van der Waals surface area contributed by atoms with Crippen molar-refractivity contribution in [2.75, 3.05) is 6.54 Å². The zero-order valence-corrected chi connectivity index (χ0v) is 11.2. The van der Waals surface area contributed by atoms with E-state index in [2.05, 4.69) is 4.98 Å². The lowest BCUT2D eigenvalue weighted by Gasteiger charge is -2.19. The molecule has 1 saturated heterocycles. The van der Waals surface area contributed by atoms with E-state index in [0.717, 1.165) is 6.42 Å². The summed E-state index contributed by atoms with van der Waals surface area (Å²) >= 11 is 0. The van der Waals surface area contributed by atoms with E-state index in [0.29, 0.717) is 24.3 Å². The molecule has 0 aromatic carbocycles. The molecular formula is C13H14N4O4. The summed E-state index contributed by atoms with van der Waals surface area (Å²) in [6, 6.07) is 4.55. The number of pyridine rings is 1. The first-order valence-electron chi connectivity index (χ1n) is 6.65. The van der Waals surface area contributed by atoms with Gasteiger partial charge in [0.2, 0.25) is 5.65 Å². The SMILES string of the molecule is O=C(O)C1CCCN1Cc1nc2ccccn2c1[N+](=O)[O-]. The second kappa shape index (κ2) is 5.13. The van der Waals surface area contributed by atoms with Crippen LogP contribution in [-0.4, -0.2) is 42.9 Å². The number of aromatic nitrogens is 2. The van der Waals surface area contributed by atoms with Gasteiger partial charge < -0.3 is 15.2 Å². The molecular weight excluding hydrogens is 276 g/mol. The zero-order chi connectivity index (χ0) is 15.0. The molecule has 1 N–H and O–H groups in total. The minimum Gasteiger partial charge on any atom is -0.480 e. The highest BCUT2D eigenvalue weighted by Crippen LogP contribution is 2.26. The fourth-order valence-corrected chi connectivity index (χ4v) is 2.82. The topological polar surface area (TPSA) is 101 Å². The van der Waals surface area contributed by atoms with Gasteiger partial charge >= 0.3 is 11.8 Å². The van der Waals surface area contributed by atoms with Gasteiger partial charge in [0, 0.05) is 6.07 Å². The molecule has 1 aliphatic rings. The molecule has 0 aliphatic carbocycles. The van der Waals surface area contributed by atoms with Gasteiger partial charge in [0.1, 0.15) is 6.04 Å². The summed E-state index contributed by atoms with van der Waals surface area (Å²) < 4.78 is 1.42. The van der Waals surface area contributed by atoms with E-state index in [1.807, 2.05) is 0 Å². The number of hydrogen-bond donors (Lipinski definition) is 1. The van der Waals surface area contributed by atoms with Crippen LogP contribution in [0.15, 0.2) is 24.4 Å². The van der Waals surface area contributed by atoms with Gasteiger partial charge in [0.05, 0.1) is 12.7 Å². The Labute approximate surface area is 119 Å². The highest BCUT2D eigenvalue weighted by molar-refractivity contribution is 5.73. The summed E-state index contributed by atoms with van der Waals surface area (Å²) in [4.78, 5) is 28.0. The number of rotatable bonds is 4. The van der Waals surface area contributed by atoms with Gasteiger partial charge in [-0.25, -0.2) is 4.98 Å². The van der Waals surface area contributed by atoms with Crippen molar-refractivity contribution >= 4 is 17.4 Å². The van der Waals surface area contributed by atoms with Crippen LogP contribution in [0.25, 0.3) is 5.65 Å². The summed E-state index contributed by atoms with van der Waals surface area (Å²) in [6.07, 6.45) is 2.93. The van der Waals surface area contributed by atoms with E-state index in [1.165, 1.54) is 4.40 Å². The second-order valence-electron chi connectivity index (χ2n) is 5.03. The Morgan fingerprint density at radius 2 is 2.33 bits per heavy atom. The first kappa shape index (κ1) is 13.5. The maximum Gasteiger partial charge on any atom is 0.352 e. The largest absolute Gasteiger partial charge is 0.480 e. The van der Waals surface area contributed by atoms with Crippen LogP contribution in [0.1, 0.15) is 18.5 Å². The molecule has 1 fully saturated rings. The van der Waals surface area contributed by atoms with Crippen LogP contribution >= 0.6 is 0 Å². The molecule has 1 aliphatic heterocycles. The number of aliphatic carboxylic acids is 1. The Balaban J connectivity index is 1.98. The standard InChI is InChI=1S/C13H14N4O4/c18-13(19)10-4-3-6-15(10)8-9-12(17(20)21)16-7-2-1-5-11(16)14-9/h1-2,5,7,10H,3-4,6,8H2,(H,18,19). The molecule has 2 aromatic heterocycles. The fourth-order valence-electron chi connectivity index (χ4n) is 2.82. The van der Waals surface area contributed by atoms with E-state index in [1.54, 1.807) is 29.3 Å². The molecule has 21 heavy (non-hydrogen) atoms. The third kappa shape index (κ3) is 2.33. The van der Waals surface area contributed by atoms with Crippen molar-refractivity contribution in [3.8, 4) is 0 Å². The minimum absolute atomic E-state index is 0.0957. The van der Waals surface area contributed by atoms with E-state index in [9.17, 15) is 20.0 Å². The Kier molecular flexibility index (Phi) is 3.30. The average molecular weight is 290 g/mol. The molecule has 110 valence electrons. The quantitative estimate of drug-likeness (QED) is 0.672. The lowest BCUT2D eigenvalue weighted by Crippen LogP contribution is -2.35. The maximum absolute atomic E-state index is 11.3. The molecule has 3 heterocycles. The van der Waals surface area contributed by atoms with Gasteiger partial charge in [-0.05, 0) is 30.4 Å². The number of nitro groups is 1. The van der Waals surface area contributed by atoms with Gasteiger partial charge in [0.15, 0.2) is 5.69 Å². The van der Waals surface area contributed by atoms with Gasteiger partial charge in [0.25, 0.3) is 0 Å². The molecule has 1 unspecified atom stereocenters. The van der Waals surface area contributed by atoms with Crippen LogP contribution in [0, 0.1) is 10.1 Å². The molecule has 3 rings (SSSR count). The summed E-state index contributed by atoms with van der Waals surface area (Å²) in [5.74, 6) is -0.986. The third-order valence-electron chi connectivity index (χ3n) is 3.75. The van der Waals surface area contributed by atoms with Crippen molar-refractivity contribution in [2.24, 2.45) is 0 Å². The molecule has 8 heteroatoms. The van der Waals surface area contributed by atoms with Crippen LogP contribution in [0.2, 0.25) is 0 Å². The normalized spacial score (nSPS) is 19.1. The molecule has 0 amide bonds. The van der Waals surface area contributed by atoms with Crippen LogP contribution in [0.4, 0.5) is 5.82 Å². The van der Waals surface area contributed by atoms with Crippen molar-refractivity contribution in [1.82, 2.24) is 14.3 Å². The molecule has 8 nitrogen and oxygen atoms in total. The molecule has 1 atom stereocenters. The van der Waals surface area contributed by atoms with Crippen molar-refractivity contribution < 1.29 is 14.8 Å². The van der Waals surface area contributed by atoms with Crippen LogP contribution < -0.4 is 0 Å². The molecule has 0 saturated carbocycles. The predicted molar refractivity (Wildman–Crippen MR) is 72.9 cm³/mol. The zero-order valence-electron chi connectivity index (χ0n) is 11.2. The van der Waals surface area contributed by atoms with E-state index in [4.69, 9.17) is 0 Å². The van der Waals surface area contributed by atoms with Crippen molar-refractivity contribution in [3.05, 3.63) is 40.2 Å². The number of imidazole rings is 1. The predicted octanol–water partition coefficient (Wildman–Crippen LogP) is 1.29. The van der Waals surface area contributed by atoms with Crippen LogP contribution in [0.3, 0.4) is 0 Å². The first-order chi connectivity index (χ1) is 10.1. The van der Waals surface area contributed by atoms with Gasteiger partial charge in [-0.15, -0.1) is 0 Å². The monoisotopic (exact) mass is 290 g/mol. The van der Waals surface area contributed by atoms with Gasteiger partial charge in [-0.1, -0.05) is 6.07 Å². The summed E-state index contributed by atoms with van der Waals surface area (Å²) in [5.41, 5.74) is 0.796. The molecule has 0 radical (unpaired) electrons. The Hall–Kier alpha value is -2.48. The minimum atomic E-state index is -0.890. The van der Waals surface area contributed by atoms with Crippen molar-refractivity contribution in [2.45, 2.75) is 25.4 Å².